The molecule has 112 valence electrons. The Balaban J connectivity index is 2.22. The van der Waals surface area contributed by atoms with E-state index in [4.69, 9.17) is 10.5 Å². The van der Waals surface area contributed by atoms with Crippen molar-refractivity contribution in [3.63, 3.8) is 0 Å². The summed E-state index contributed by atoms with van der Waals surface area (Å²) in [5, 5.41) is 9.32. The predicted molar refractivity (Wildman–Crippen MR) is 72.9 cm³/mol. The van der Waals surface area contributed by atoms with E-state index in [1.165, 1.54) is 6.07 Å². The molecule has 0 aromatic heterocycles. The number of ether oxygens (including phenoxy) is 1. The van der Waals surface area contributed by atoms with Crippen LogP contribution in [0.1, 0.15) is 30.7 Å². The van der Waals surface area contributed by atoms with Crippen LogP contribution in [0.2, 0.25) is 0 Å². The summed E-state index contributed by atoms with van der Waals surface area (Å²) in [4.78, 5) is 12.3. The van der Waals surface area contributed by atoms with Crippen LogP contribution in [0.3, 0.4) is 0 Å². The van der Waals surface area contributed by atoms with Gasteiger partial charge in [-0.3, -0.25) is 4.79 Å². The molecule has 0 saturated heterocycles. The lowest BCUT2D eigenvalue weighted by atomic mass is 9.77. The SMILES string of the molecule is N#CC1=C(N)OC2=C(C(=O)CCC2)[C@@H]1c1ccc(F)cc1F. The van der Waals surface area contributed by atoms with Gasteiger partial charge in [0.15, 0.2) is 5.78 Å². The Labute approximate surface area is 125 Å². The number of ketones is 1. The van der Waals surface area contributed by atoms with Crippen molar-refractivity contribution in [1.82, 2.24) is 0 Å². The molecule has 0 unspecified atom stereocenters. The maximum absolute atomic E-state index is 14.2. The Hall–Kier alpha value is -2.68. The second kappa shape index (κ2) is 5.26. The highest BCUT2D eigenvalue weighted by Gasteiger charge is 2.39. The average molecular weight is 302 g/mol. The number of allylic oxidation sites excluding steroid dienone is 3. The van der Waals surface area contributed by atoms with Gasteiger partial charge in [0.1, 0.15) is 29.0 Å². The number of nitriles is 1. The predicted octanol–water partition coefficient (Wildman–Crippen LogP) is 2.78. The number of nitrogens with zero attached hydrogens (tertiary/aromatic N) is 1. The van der Waals surface area contributed by atoms with E-state index in [2.05, 4.69) is 0 Å². The number of rotatable bonds is 1. The smallest absolute Gasteiger partial charge is 0.205 e. The first-order valence-electron chi connectivity index (χ1n) is 6.81. The van der Waals surface area contributed by atoms with E-state index in [-0.39, 0.29) is 28.4 Å². The number of hydrogen-bond donors (Lipinski definition) is 1. The number of Topliss-reactive ketones (excluding diaryl/α,β-unsaturated/α-hetero) is 1. The van der Waals surface area contributed by atoms with Crippen molar-refractivity contribution in [1.29, 1.82) is 5.26 Å². The lowest BCUT2D eigenvalue weighted by Crippen LogP contribution is -2.27. The van der Waals surface area contributed by atoms with Gasteiger partial charge in [-0.05, 0) is 12.5 Å². The summed E-state index contributed by atoms with van der Waals surface area (Å²) >= 11 is 0. The standard InChI is InChI=1S/C16H12F2N2O2/c17-8-4-5-9(11(18)6-8)14-10(7-19)16(20)22-13-3-1-2-12(21)15(13)14/h4-6,14H,1-3,20H2/t14-/m1/s1. The normalized spacial score (nSPS) is 21.3. The van der Waals surface area contributed by atoms with Crippen LogP contribution in [-0.4, -0.2) is 5.78 Å². The van der Waals surface area contributed by atoms with Gasteiger partial charge < -0.3 is 10.5 Å². The first-order chi connectivity index (χ1) is 10.5. The third-order valence-corrected chi connectivity index (χ3v) is 3.88. The fraction of sp³-hybridized carbons (Fsp3) is 0.250. The van der Waals surface area contributed by atoms with Crippen LogP contribution in [-0.2, 0) is 9.53 Å². The third-order valence-electron chi connectivity index (χ3n) is 3.88. The molecular weight excluding hydrogens is 290 g/mol. The molecule has 2 aliphatic rings. The van der Waals surface area contributed by atoms with Gasteiger partial charge >= 0.3 is 0 Å². The first kappa shape index (κ1) is 14.3. The van der Waals surface area contributed by atoms with E-state index in [1.54, 1.807) is 0 Å². The van der Waals surface area contributed by atoms with Crippen LogP contribution >= 0.6 is 0 Å². The van der Waals surface area contributed by atoms with Crippen molar-refractivity contribution >= 4 is 5.78 Å². The van der Waals surface area contributed by atoms with E-state index in [0.29, 0.717) is 25.0 Å². The zero-order valence-electron chi connectivity index (χ0n) is 11.5. The molecule has 22 heavy (non-hydrogen) atoms. The highest BCUT2D eigenvalue weighted by atomic mass is 19.1. The van der Waals surface area contributed by atoms with Crippen LogP contribution in [0.4, 0.5) is 8.78 Å². The summed E-state index contributed by atoms with van der Waals surface area (Å²) in [6, 6.07) is 4.93. The molecule has 3 rings (SSSR count). The first-order valence-corrected chi connectivity index (χ1v) is 6.81. The van der Waals surface area contributed by atoms with Gasteiger partial charge in [-0.25, -0.2) is 8.78 Å². The quantitative estimate of drug-likeness (QED) is 0.865. The topological polar surface area (TPSA) is 76.1 Å². The summed E-state index contributed by atoms with van der Waals surface area (Å²) in [7, 11) is 0. The van der Waals surface area contributed by atoms with Crippen molar-refractivity contribution < 1.29 is 18.3 Å². The molecule has 1 aliphatic carbocycles. The monoisotopic (exact) mass is 302 g/mol. The van der Waals surface area contributed by atoms with Crippen LogP contribution in [0.5, 0.6) is 0 Å². The highest BCUT2D eigenvalue weighted by molar-refractivity contribution is 5.99. The van der Waals surface area contributed by atoms with Crippen LogP contribution < -0.4 is 5.73 Å². The number of carbonyl (C=O) groups excluding carboxylic acids is 1. The van der Waals surface area contributed by atoms with E-state index in [9.17, 15) is 18.8 Å². The summed E-state index contributed by atoms with van der Waals surface area (Å²) in [5.41, 5.74) is 6.01. The minimum absolute atomic E-state index is 0.0282. The molecule has 0 amide bonds. The molecule has 1 aromatic rings. The number of carbonyl (C=O) groups is 1. The maximum atomic E-state index is 14.2. The summed E-state index contributed by atoms with van der Waals surface area (Å²) < 4.78 is 32.7. The van der Waals surface area contributed by atoms with Crippen LogP contribution in [0.25, 0.3) is 0 Å². The van der Waals surface area contributed by atoms with Gasteiger partial charge in [0, 0.05) is 30.0 Å². The Morgan fingerprint density at radius 1 is 1.32 bits per heavy atom. The fourth-order valence-corrected chi connectivity index (χ4v) is 2.90. The van der Waals surface area contributed by atoms with Crippen molar-refractivity contribution in [3.05, 3.63) is 58.2 Å². The van der Waals surface area contributed by atoms with Crippen LogP contribution in [0.15, 0.2) is 41.0 Å². The number of benzene rings is 1. The lowest BCUT2D eigenvalue weighted by Gasteiger charge is -2.31. The van der Waals surface area contributed by atoms with Crippen molar-refractivity contribution in [2.75, 3.05) is 0 Å². The Bertz CT molecular complexity index is 775. The molecule has 6 heteroatoms. The Kier molecular flexibility index (Phi) is 3.41. The largest absolute Gasteiger partial charge is 0.444 e. The van der Waals surface area contributed by atoms with E-state index in [1.807, 2.05) is 6.07 Å². The van der Waals surface area contributed by atoms with Crippen molar-refractivity contribution in [2.45, 2.75) is 25.2 Å². The second-order valence-electron chi connectivity index (χ2n) is 5.20. The molecule has 0 spiro atoms. The molecule has 2 N–H and O–H groups in total. The van der Waals surface area contributed by atoms with Gasteiger partial charge in [0.25, 0.3) is 0 Å². The summed E-state index contributed by atoms with van der Waals surface area (Å²) in [6.07, 6.45) is 1.42. The van der Waals surface area contributed by atoms with Gasteiger partial charge in [-0.1, -0.05) is 6.07 Å². The molecule has 1 aromatic carbocycles. The van der Waals surface area contributed by atoms with Gasteiger partial charge in [0.2, 0.25) is 5.88 Å². The molecular formula is C16H12F2N2O2. The fourth-order valence-electron chi connectivity index (χ4n) is 2.90. The summed E-state index contributed by atoms with van der Waals surface area (Å²) in [5.74, 6) is -2.45. The molecule has 1 heterocycles. The van der Waals surface area contributed by atoms with Gasteiger partial charge in [0.05, 0.1) is 5.92 Å². The van der Waals surface area contributed by atoms with Gasteiger partial charge in [-0.2, -0.15) is 5.26 Å². The zero-order valence-corrected chi connectivity index (χ0v) is 11.5. The van der Waals surface area contributed by atoms with Gasteiger partial charge in [-0.15, -0.1) is 0 Å². The molecule has 4 nitrogen and oxygen atoms in total. The second-order valence-corrected chi connectivity index (χ2v) is 5.20. The number of halogens is 2. The highest BCUT2D eigenvalue weighted by Crippen LogP contribution is 2.43. The molecule has 0 radical (unpaired) electrons. The molecule has 0 saturated carbocycles. The van der Waals surface area contributed by atoms with E-state index >= 15 is 0 Å². The van der Waals surface area contributed by atoms with Crippen molar-refractivity contribution in [3.8, 4) is 6.07 Å². The molecule has 0 bridgehead atoms. The number of hydrogen-bond acceptors (Lipinski definition) is 4. The average Bonchev–Trinajstić information content (AvgIpc) is 2.46. The van der Waals surface area contributed by atoms with E-state index in [0.717, 1.165) is 12.1 Å². The van der Waals surface area contributed by atoms with E-state index < -0.39 is 17.6 Å². The molecule has 1 atom stereocenters. The van der Waals surface area contributed by atoms with Crippen molar-refractivity contribution in [2.24, 2.45) is 5.73 Å². The molecule has 0 fully saturated rings. The maximum Gasteiger partial charge on any atom is 0.205 e. The minimum Gasteiger partial charge on any atom is -0.444 e. The Morgan fingerprint density at radius 3 is 2.77 bits per heavy atom. The lowest BCUT2D eigenvalue weighted by molar-refractivity contribution is -0.116. The molecule has 1 aliphatic heterocycles. The third kappa shape index (κ3) is 2.15. The van der Waals surface area contributed by atoms with Crippen LogP contribution in [0, 0.1) is 23.0 Å². The minimum atomic E-state index is -0.942. The Morgan fingerprint density at radius 2 is 2.09 bits per heavy atom. The number of nitrogens with two attached hydrogens (primary N) is 1. The summed E-state index contributed by atoms with van der Waals surface area (Å²) in [6.45, 7) is 0. The zero-order chi connectivity index (χ0) is 15.9.